The third-order valence-electron chi connectivity index (χ3n) is 4.86. The van der Waals surface area contributed by atoms with E-state index in [-0.39, 0.29) is 5.78 Å². The van der Waals surface area contributed by atoms with Crippen LogP contribution in [0.1, 0.15) is 21.5 Å². The maximum Gasteiger partial charge on any atom is 0.205 e. The Hall–Kier alpha value is -4.04. The minimum atomic E-state index is -0.508. The number of methoxy groups -OCH3 is 1. The highest BCUT2D eigenvalue weighted by atomic mass is 16.5. The number of tetrazole rings is 1. The van der Waals surface area contributed by atoms with Gasteiger partial charge in [0.25, 0.3) is 0 Å². The van der Waals surface area contributed by atoms with Gasteiger partial charge in [0.15, 0.2) is 17.3 Å². The molecular formula is C24H22N4O4. The number of ether oxygens (including phenoxy) is 2. The molecule has 1 heterocycles. The first-order chi connectivity index (χ1) is 15.7. The molecule has 0 aliphatic heterocycles. The lowest BCUT2D eigenvalue weighted by Crippen LogP contribution is -2.06. The van der Waals surface area contributed by atoms with Crippen LogP contribution in [0.2, 0.25) is 0 Å². The predicted molar refractivity (Wildman–Crippen MR) is 118 cm³/mol. The van der Waals surface area contributed by atoms with Crippen LogP contribution in [0.25, 0.3) is 11.4 Å². The van der Waals surface area contributed by atoms with Gasteiger partial charge in [0.1, 0.15) is 13.2 Å². The highest BCUT2D eigenvalue weighted by Gasteiger charge is 2.12. The fraction of sp³-hybridized carbons (Fsp3) is 0.167. The maximum atomic E-state index is 11.5. The molecule has 0 radical (unpaired) electrons. The van der Waals surface area contributed by atoms with E-state index in [1.807, 2.05) is 48.5 Å². The van der Waals surface area contributed by atoms with Crippen molar-refractivity contribution >= 4 is 5.78 Å². The van der Waals surface area contributed by atoms with Crippen molar-refractivity contribution < 1.29 is 19.4 Å². The zero-order valence-corrected chi connectivity index (χ0v) is 17.5. The number of ketones is 1. The molecule has 162 valence electrons. The van der Waals surface area contributed by atoms with E-state index >= 15 is 0 Å². The zero-order chi connectivity index (χ0) is 22.3. The van der Waals surface area contributed by atoms with Crippen molar-refractivity contribution in [2.45, 2.75) is 13.2 Å². The topological polar surface area (TPSA) is 99.4 Å². The zero-order valence-electron chi connectivity index (χ0n) is 17.5. The highest BCUT2D eigenvalue weighted by molar-refractivity contribution is 5.96. The average molecular weight is 430 g/mol. The van der Waals surface area contributed by atoms with Crippen molar-refractivity contribution in [3.05, 3.63) is 89.5 Å². The van der Waals surface area contributed by atoms with Crippen LogP contribution in [0.15, 0.2) is 72.8 Å². The van der Waals surface area contributed by atoms with E-state index < -0.39 is 6.61 Å². The number of benzene rings is 3. The normalized spacial score (nSPS) is 10.7. The lowest BCUT2D eigenvalue weighted by Gasteiger charge is -2.11. The van der Waals surface area contributed by atoms with Gasteiger partial charge < -0.3 is 14.6 Å². The number of aliphatic hydroxyl groups excluding tert-OH is 1. The molecule has 32 heavy (non-hydrogen) atoms. The van der Waals surface area contributed by atoms with Crippen LogP contribution in [0.5, 0.6) is 11.5 Å². The van der Waals surface area contributed by atoms with E-state index in [4.69, 9.17) is 14.6 Å². The second-order valence-electron chi connectivity index (χ2n) is 7.06. The molecular weight excluding hydrogens is 408 g/mol. The minimum Gasteiger partial charge on any atom is -0.493 e. The molecule has 0 aliphatic rings. The third-order valence-corrected chi connectivity index (χ3v) is 4.86. The first kappa shape index (κ1) is 21.2. The third kappa shape index (κ3) is 4.98. The SMILES string of the molecule is COc1ccc(-c2nnn(Cc3ccc(C(=O)CO)cc3)n2)cc1OCc1ccccc1. The second kappa shape index (κ2) is 9.84. The monoisotopic (exact) mass is 430 g/mol. The summed E-state index contributed by atoms with van der Waals surface area (Å²) in [7, 11) is 1.60. The van der Waals surface area contributed by atoms with E-state index in [0.717, 1.165) is 16.7 Å². The van der Waals surface area contributed by atoms with E-state index in [1.54, 1.807) is 31.4 Å². The van der Waals surface area contributed by atoms with Gasteiger partial charge in [-0.25, -0.2) is 0 Å². The van der Waals surface area contributed by atoms with Crippen LogP contribution in [-0.2, 0) is 13.2 Å². The Bertz CT molecular complexity index is 1190. The molecule has 0 atom stereocenters. The van der Waals surface area contributed by atoms with Gasteiger partial charge in [0, 0.05) is 11.1 Å². The lowest BCUT2D eigenvalue weighted by atomic mass is 10.1. The van der Waals surface area contributed by atoms with Crippen molar-refractivity contribution in [2.24, 2.45) is 0 Å². The van der Waals surface area contributed by atoms with Gasteiger partial charge >= 0.3 is 0 Å². The van der Waals surface area contributed by atoms with Crippen molar-refractivity contribution in [3.8, 4) is 22.9 Å². The van der Waals surface area contributed by atoms with Crippen LogP contribution in [0.3, 0.4) is 0 Å². The van der Waals surface area contributed by atoms with E-state index in [9.17, 15) is 4.79 Å². The number of hydrogen-bond donors (Lipinski definition) is 1. The van der Waals surface area contributed by atoms with Crippen LogP contribution < -0.4 is 9.47 Å². The molecule has 4 rings (SSSR count). The summed E-state index contributed by atoms with van der Waals surface area (Å²) in [4.78, 5) is 13.0. The van der Waals surface area contributed by atoms with E-state index in [2.05, 4.69) is 15.4 Å². The Morgan fingerprint density at radius 1 is 0.969 bits per heavy atom. The van der Waals surface area contributed by atoms with Gasteiger partial charge in [-0.15, -0.1) is 10.2 Å². The molecule has 0 unspecified atom stereocenters. The van der Waals surface area contributed by atoms with Crippen LogP contribution in [-0.4, -0.2) is 44.8 Å². The van der Waals surface area contributed by atoms with E-state index in [0.29, 0.717) is 36.0 Å². The quantitative estimate of drug-likeness (QED) is 0.407. The molecule has 1 aromatic heterocycles. The molecule has 8 heteroatoms. The summed E-state index contributed by atoms with van der Waals surface area (Å²) >= 11 is 0. The van der Waals surface area contributed by atoms with Crippen molar-refractivity contribution in [3.63, 3.8) is 0 Å². The molecule has 0 amide bonds. The van der Waals surface area contributed by atoms with Crippen LogP contribution in [0.4, 0.5) is 0 Å². The highest BCUT2D eigenvalue weighted by Crippen LogP contribution is 2.31. The first-order valence-electron chi connectivity index (χ1n) is 10.0. The number of carbonyl (C=O) groups excluding carboxylic acids is 1. The molecule has 0 aliphatic carbocycles. The molecule has 3 aromatic carbocycles. The molecule has 0 fully saturated rings. The van der Waals surface area contributed by atoms with Gasteiger partial charge in [-0.1, -0.05) is 54.6 Å². The number of rotatable bonds is 9. The molecule has 0 saturated carbocycles. The van der Waals surface area contributed by atoms with Gasteiger partial charge in [0.05, 0.1) is 13.7 Å². The Balaban J connectivity index is 1.48. The van der Waals surface area contributed by atoms with Crippen molar-refractivity contribution in [2.75, 3.05) is 13.7 Å². The average Bonchev–Trinajstić information content (AvgIpc) is 3.31. The van der Waals surface area contributed by atoms with Crippen LogP contribution >= 0.6 is 0 Å². The number of aromatic nitrogens is 4. The summed E-state index contributed by atoms with van der Waals surface area (Å²) < 4.78 is 11.4. The summed E-state index contributed by atoms with van der Waals surface area (Å²) in [5.41, 5.74) is 3.18. The smallest absolute Gasteiger partial charge is 0.205 e. The number of nitrogens with zero attached hydrogens (tertiary/aromatic N) is 4. The van der Waals surface area contributed by atoms with Gasteiger partial charge in [-0.2, -0.15) is 4.80 Å². The van der Waals surface area contributed by atoms with Gasteiger partial charge in [0.2, 0.25) is 5.82 Å². The van der Waals surface area contributed by atoms with E-state index in [1.165, 1.54) is 4.80 Å². The molecule has 8 nitrogen and oxygen atoms in total. The fourth-order valence-corrected chi connectivity index (χ4v) is 3.14. The number of carbonyl (C=O) groups is 1. The standard InChI is InChI=1S/C24H22N4O4/c1-31-22-12-11-20(13-23(22)32-16-18-5-3-2-4-6-18)24-25-27-28(26-24)14-17-7-9-19(10-8-17)21(30)15-29/h2-13,29H,14-16H2,1H3. The Kier molecular flexibility index (Phi) is 6.52. The molecule has 1 N–H and O–H groups in total. The Morgan fingerprint density at radius 3 is 2.47 bits per heavy atom. The molecule has 0 spiro atoms. The molecule has 0 saturated heterocycles. The predicted octanol–water partition coefficient (Wildman–Crippen LogP) is 3.15. The van der Waals surface area contributed by atoms with Crippen molar-refractivity contribution in [1.82, 2.24) is 20.2 Å². The van der Waals surface area contributed by atoms with Gasteiger partial charge in [-0.05, 0) is 34.5 Å². The maximum absolute atomic E-state index is 11.5. The summed E-state index contributed by atoms with van der Waals surface area (Å²) in [6.45, 7) is 0.302. The summed E-state index contributed by atoms with van der Waals surface area (Å²) in [5.74, 6) is 1.36. The second-order valence-corrected chi connectivity index (χ2v) is 7.06. The summed E-state index contributed by atoms with van der Waals surface area (Å²) in [6.07, 6.45) is 0. The molecule has 0 bridgehead atoms. The molecule has 4 aromatic rings. The van der Waals surface area contributed by atoms with Crippen LogP contribution in [0, 0.1) is 0 Å². The number of aliphatic hydroxyl groups is 1. The lowest BCUT2D eigenvalue weighted by molar-refractivity contribution is 0.0903. The van der Waals surface area contributed by atoms with Crippen molar-refractivity contribution in [1.29, 1.82) is 0 Å². The summed E-state index contributed by atoms with van der Waals surface area (Å²) in [6, 6.07) is 22.3. The summed E-state index contributed by atoms with van der Waals surface area (Å²) in [5, 5.41) is 21.7. The first-order valence-corrected chi connectivity index (χ1v) is 10.0. The largest absolute Gasteiger partial charge is 0.493 e. The number of Topliss-reactive ketones (excluding diaryl/α,β-unsaturated/α-hetero) is 1. The van der Waals surface area contributed by atoms with Gasteiger partial charge in [-0.3, -0.25) is 4.79 Å². The minimum absolute atomic E-state index is 0.317. The Morgan fingerprint density at radius 2 is 1.75 bits per heavy atom. The number of hydrogen-bond acceptors (Lipinski definition) is 7. The Labute approximate surface area is 185 Å². The fourth-order valence-electron chi connectivity index (χ4n) is 3.14.